The quantitative estimate of drug-likeness (QED) is 0.622. The van der Waals surface area contributed by atoms with E-state index in [0.717, 1.165) is 20.2 Å². The third-order valence-corrected chi connectivity index (χ3v) is 5.40. The average molecular weight is 285 g/mol. The van der Waals surface area contributed by atoms with Crippen molar-refractivity contribution in [3.63, 3.8) is 0 Å². The van der Waals surface area contributed by atoms with Gasteiger partial charge in [-0.2, -0.15) is 0 Å². The van der Waals surface area contributed by atoms with E-state index < -0.39 is 0 Å². The van der Waals surface area contributed by atoms with Gasteiger partial charge in [-0.15, -0.1) is 0 Å². The van der Waals surface area contributed by atoms with E-state index in [4.69, 9.17) is 0 Å². The molecule has 0 saturated heterocycles. The zero-order valence-electron chi connectivity index (χ0n) is 10.5. The second kappa shape index (κ2) is 5.11. The van der Waals surface area contributed by atoms with Crippen molar-refractivity contribution in [2.45, 2.75) is 6.92 Å². The number of benzene rings is 2. The van der Waals surface area contributed by atoms with Gasteiger partial charge >= 0.3 is 5.06 Å². The van der Waals surface area contributed by atoms with Crippen molar-refractivity contribution in [2.75, 3.05) is 0 Å². The Morgan fingerprint density at radius 3 is 2.26 bits per heavy atom. The maximum atomic E-state index is 10.1. The van der Waals surface area contributed by atoms with Gasteiger partial charge in [0, 0.05) is 11.1 Å². The van der Waals surface area contributed by atoms with E-state index in [1.54, 1.807) is 11.3 Å². The minimum Gasteiger partial charge on any atom is -0.481 e. The second-order valence-corrected chi connectivity index (χ2v) is 6.64. The number of hydrogen-bond acceptors (Lipinski definition) is 2. The minimum absolute atomic E-state index is 0.395. The maximum absolute atomic E-state index is 10.1. The van der Waals surface area contributed by atoms with E-state index in [-0.39, 0.29) is 0 Å². The van der Waals surface area contributed by atoms with Gasteiger partial charge in [0.2, 0.25) is 4.88 Å². The summed E-state index contributed by atoms with van der Waals surface area (Å²) in [5.41, 5.74) is 3.48. The van der Waals surface area contributed by atoms with Gasteiger partial charge in [-0.05, 0) is 19.1 Å². The highest BCUT2D eigenvalue weighted by molar-refractivity contribution is 7.39. The molecule has 0 radical (unpaired) electrons. The van der Waals surface area contributed by atoms with Crippen molar-refractivity contribution in [1.82, 2.24) is 0 Å². The van der Waals surface area contributed by atoms with Crippen LogP contribution in [-0.4, -0.2) is 5.11 Å². The standard InChI is InChI=1S/C16H12OS2/c1-11-7-9-13(10-8-11)16-18-14(15(17)19-16)12-5-3-2-4-6-12/h2-10H,1H3/p+1. The summed E-state index contributed by atoms with van der Waals surface area (Å²) in [5, 5.41) is 10.5. The Kier molecular flexibility index (Phi) is 3.32. The summed E-state index contributed by atoms with van der Waals surface area (Å²) in [4.78, 5) is 0.946. The van der Waals surface area contributed by atoms with Crippen LogP contribution in [-0.2, 0) is 0 Å². The van der Waals surface area contributed by atoms with E-state index in [1.165, 1.54) is 16.9 Å². The molecule has 0 unspecified atom stereocenters. The molecule has 0 saturated carbocycles. The third kappa shape index (κ3) is 2.53. The molecule has 0 spiro atoms. The molecule has 19 heavy (non-hydrogen) atoms. The fourth-order valence-electron chi connectivity index (χ4n) is 1.87. The number of aryl methyl sites for hydroxylation is 1. The molecule has 1 aromatic heterocycles. The molecule has 1 N–H and O–H groups in total. The van der Waals surface area contributed by atoms with E-state index in [0.29, 0.717) is 5.06 Å². The molecule has 0 atom stereocenters. The van der Waals surface area contributed by atoms with Crippen LogP contribution < -0.4 is 0 Å². The second-order valence-electron chi connectivity index (χ2n) is 4.36. The van der Waals surface area contributed by atoms with Crippen LogP contribution in [0, 0.1) is 6.92 Å². The van der Waals surface area contributed by atoms with Crippen LogP contribution in [0.4, 0.5) is 0 Å². The Morgan fingerprint density at radius 2 is 1.58 bits per heavy atom. The molecule has 3 heteroatoms. The van der Waals surface area contributed by atoms with E-state index in [1.807, 2.05) is 30.3 Å². The molecule has 3 aromatic rings. The van der Waals surface area contributed by atoms with Gasteiger partial charge in [-0.3, -0.25) is 0 Å². The van der Waals surface area contributed by atoms with Gasteiger partial charge in [0.15, 0.2) is 0 Å². The summed E-state index contributed by atoms with van der Waals surface area (Å²) in [6, 6.07) is 18.4. The first-order chi connectivity index (χ1) is 9.24. The number of rotatable bonds is 2. The molecule has 0 aliphatic heterocycles. The molecule has 1 heterocycles. The smallest absolute Gasteiger partial charge is 0.320 e. The maximum Gasteiger partial charge on any atom is 0.320 e. The van der Waals surface area contributed by atoms with Gasteiger partial charge in [-0.25, -0.2) is 0 Å². The van der Waals surface area contributed by atoms with Crippen molar-refractivity contribution in [3.8, 4) is 25.3 Å². The number of aromatic hydroxyl groups is 1. The van der Waals surface area contributed by atoms with Crippen molar-refractivity contribution < 1.29 is 5.11 Å². The summed E-state index contributed by atoms with van der Waals surface area (Å²) in [6.45, 7) is 2.08. The Bertz CT molecular complexity index is 685. The highest BCUT2D eigenvalue weighted by Crippen LogP contribution is 2.46. The van der Waals surface area contributed by atoms with Gasteiger partial charge in [0.1, 0.15) is 11.3 Å². The lowest BCUT2D eigenvalue weighted by Gasteiger charge is -1.91. The Morgan fingerprint density at radius 1 is 0.895 bits per heavy atom. The molecular formula is C16H13OS2+. The largest absolute Gasteiger partial charge is 0.481 e. The normalized spacial score (nSPS) is 10.6. The summed E-state index contributed by atoms with van der Waals surface area (Å²) in [7, 11) is 0. The van der Waals surface area contributed by atoms with E-state index in [9.17, 15) is 5.11 Å². The van der Waals surface area contributed by atoms with Crippen LogP contribution in [0.1, 0.15) is 5.56 Å². The highest BCUT2D eigenvalue weighted by atomic mass is 32.2. The zero-order chi connectivity index (χ0) is 13.2. The van der Waals surface area contributed by atoms with Crippen LogP contribution in [0.2, 0.25) is 0 Å². The molecule has 3 rings (SSSR count). The van der Waals surface area contributed by atoms with Crippen LogP contribution in [0.25, 0.3) is 20.2 Å². The molecule has 0 bridgehead atoms. The molecule has 0 aliphatic carbocycles. The highest BCUT2D eigenvalue weighted by Gasteiger charge is 2.24. The monoisotopic (exact) mass is 285 g/mol. The SMILES string of the molecule is Cc1ccc(-c2sc(-c3ccccc3)c(O)[s+]2)cc1. The molecule has 1 nitrogen and oxygen atoms in total. The van der Waals surface area contributed by atoms with Crippen LogP contribution in [0.15, 0.2) is 54.6 Å². The van der Waals surface area contributed by atoms with Crippen molar-refractivity contribution in [1.29, 1.82) is 0 Å². The Hall–Kier alpha value is -1.71. The molecular weight excluding hydrogens is 272 g/mol. The van der Waals surface area contributed by atoms with Crippen LogP contribution in [0.5, 0.6) is 5.06 Å². The first-order valence-corrected chi connectivity index (χ1v) is 7.66. The van der Waals surface area contributed by atoms with Crippen molar-refractivity contribution >= 4 is 22.7 Å². The van der Waals surface area contributed by atoms with Crippen LogP contribution >= 0.6 is 22.7 Å². The Labute approximate surface area is 120 Å². The molecule has 0 fully saturated rings. The lowest BCUT2D eigenvalue weighted by Crippen LogP contribution is -1.72. The lowest BCUT2D eigenvalue weighted by molar-refractivity contribution is 0.493. The third-order valence-electron chi connectivity index (χ3n) is 2.90. The fraction of sp³-hybridized carbons (Fsp3) is 0.0625. The van der Waals surface area contributed by atoms with Gasteiger partial charge < -0.3 is 5.11 Å². The van der Waals surface area contributed by atoms with Gasteiger partial charge in [-0.1, -0.05) is 48.0 Å². The average Bonchev–Trinajstić information content (AvgIpc) is 2.83. The molecule has 0 amide bonds. The molecule has 94 valence electrons. The van der Waals surface area contributed by atoms with E-state index >= 15 is 0 Å². The van der Waals surface area contributed by atoms with E-state index in [2.05, 4.69) is 31.2 Å². The molecule has 2 aromatic carbocycles. The van der Waals surface area contributed by atoms with Crippen molar-refractivity contribution in [2.24, 2.45) is 0 Å². The predicted molar refractivity (Wildman–Crippen MR) is 83.9 cm³/mol. The predicted octanol–water partition coefficient (Wildman–Crippen LogP) is 5.44. The minimum atomic E-state index is 0.395. The van der Waals surface area contributed by atoms with Gasteiger partial charge in [0.05, 0.1) is 11.3 Å². The fourth-order valence-corrected chi connectivity index (χ4v) is 4.19. The lowest BCUT2D eigenvalue weighted by atomic mass is 10.2. The topological polar surface area (TPSA) is 20.2 Å². The molecule has 0 aliphatic rings. The Balaban J connectivity index is 2.04. The first kappa shape index (κ1) is 12.3. The zero-order valence-corrected chi connectivity index (χ0v) is 12.1. The first-order valence-electron chi connectivity index (χ1n) is 6.02. The van der Waals surface area contributed by atoms with Gasteiger partial charge in [0.25, 0.3) is 4.19 Å². The summed E-state index contributed by atoms with van der Waals surface area (Å²) >= 11 is 3.08. The summed E-state index contributed by atoms with van der Waals surface area (Å²) in [6.07, 6.45) is 0. The number of hydrogen-bond donors (Lipinski definition) is 1. The van der Waals surface area contributed by atoms with Crippen molar-refractivity contribution in [3.05, 3.63) is 60.2 Å². The van der Waals surface area contributed by atoms with Crippen LogP contribution in [0.3, 0.4) is 0 Å². The summed E-state index contributed by atoms with van der Waals surface area (Å²) < 4.78 is 1.14. The summed E-state index contributed by atoms with van der Waals surface area (Å²) in [5.74, 6) is 0.